The smallest absolute Gasteiger partial charge is 0.304 e. The number of benzene rings is 1. The van der Waals surface area contributed by atoms with Crippen molar-refractivity contribution in [2.45, 2.75) is 51.6 Å². The van der Waals surface area contributed by atoms with Crippen LogP contribution in [0.3, 0.4) is 0 Å². The van der Waals surface area contributed by atoms with Crippen LogP contribution in [0, 0.1) is 5.92 Å². The maximum atomic E-state index is 12.7. The van der Waals surface area contributed by atoms with Gasteiger partial charge in [0.05, 0.1) is 6.42 Å². The van der Waals surface area contributed by atoms with Crippen LogP contribution in [0.2, 0.25) is 0 Å². The summed E-state index contributed by atoms with van der Waals surface area (Å²) in [7, 11) is 0. The maximum Gasteiger partial charge on any atom is 0.304 e. The molecule has 22 heavy (non-hydrogen) atoms. The third-order valence-corrected chi connectivity index (χ3v) is 4.66. The lowest BCUT2D eigenvalue weighted by atomic mass is 9.90. The number of carboxylic acid groups (broad SMARTS) is 1. The van der Waals surface area contributed by atoms with Crippen molar-refractivity contribution in [1.82, 2.24) is 4.90 Å². The van der Waals surface area contributed by atoms with Crippen molar-refractivity contribution in [2.75, 3.05) is 6.54 Å². The molecular formula is C18H25NO3. The van der Waals surface area contributed by atoms with Gasteiger partial charge in [0, 0.05) is 30.1 Å². The number of carboxylic acids is 1. The fraction of sp³-hybridized carbons (Fsp3) is 0.556. The minimum Gasteiger partial charge on any atom is -0.481 e. The van der Waals surface area contributed by atoms with E-state index < -0.39 is 11.9 Å². The van der Waals surface area contributed by atoms with Gasteiger partial charge in [-0.15, -0.1) is 0 Å². The second-order valence-electron chi connectivity index (χ2n) is 6.35. The highest BCUT2D eigenvalue weighted by Crippen LogP contribution is 2.25. The van der Waals surface area contributed by atoms with Gasteiger partial charge in [0.25, 0.3) is 0 Å². The molecule has 1 fully saturated rings. The zero-order valence-electron chi connectivity index (χ0n) is 13.4. The summed E-state index contributed by atoms with van der Waals surface area (Å²) in [6.45, 7) is 4.86. The third-order valence-electron chi connectivity index (χ3n) is 4.66. The highest BCUT2D eigenvalue weighted by molar-refractivity contribution is 5.99. The van der Waals surface area contributed by atoms with Gasteiger partial charge in [0.15, 0.2) is 5.78 Å². The number of hydrogen-bond donors (Lipinski definition) is 1. The Morgan fingerprint density at radius 2 is 1.77 bits per heavy atom. The number of nitrogens with zero attached hydrogens (tertiary/aromatic N) is 1. The minimum atomic E-state index is -0.911. The quantitative estimate of drug-likeness (QED) is 0.820. The molecule has 0 aromatic heterocycles. The summed E-state index contributed by atoms with van der Waals surface area (Å²) in [4.78, 5) is 26.2. The van der Waals surface area contributed by atoms with Crippen molar-refractivity contribution in [3.05, 3.63) is 35.9 Å². The average molecular weight is 303 g/mol. The van der Waals surface area contributed by atoms with Gasteiger partial charge in [-0.2, -0.15) is 0 Å². The molecular weight excluding hydrogens is 278 g/mol. The molecule has 120 valence electrons. The SMILES string of the molecule is CC1CCCC(C)N1CC(CC(=O)O)C(=O)c1ccccc1. The van der Waals surface area contributed by atoms with Crippen LogP contribution >= 0.6 is 0 Å². The van der Waals surface area contributed by atoms with Crippen molar-refractivity contribution in [2.24, 2.45) is 5.92 Å². The fourth-order valence-corrected chi connectivity index (χ4v) is 3.38. The van der Waals surface area contributed by atoms with E-state index in [-0.39, 0.29) is 12.2 Å². The van der Waals surface area contributed by atoms with Crippen LogP contribution in [0.4, 0.5) is 0 Å². The van der Waals surface area contributed by atoms with Gasteiger partial charge in [0.2, 0.25) is 0 Å². The van der Waals surface area contributed by atoms with Crippen LogP contribution in [-0.2, 0) is 4.79 Å². The molecule has 3 atom stereocenters. The van der Waals surface area contributed by atoms with Crippen molar-refractivity contribution >= 4 is 11.8 Å². The average Bonchev–Trinajstić information content (AvgIpc) is 2.49. The van der Waals surface area contributed by atoms with Crippen LogP contribution in [0.15, 0.2) is 30.3 Å². The molecule has 1 aromatic carbocycles. The molecule has 2 rings (SSSR count). The summed E-state index contributed by atoms with van der Waals surface area (Å²) in [5.74, 6) is -1.46. The van der Waals surface area contributed by atoms with Crippen LogP contribution in [0.5, 0.6) is 0 Å². The Labute approximate surface area is 132 Å². The molecule has 0 spiro atoms. The molecule has 1 N–H and O–H groups in total. The third kappa shape index (κ3) is 4.17. The summed E-state index contributed by atoms with van der Waals surface area (Å²) in [5, 5.41) is 9.17. The van der Waals surface area contributed by atoms with Gasteiger partial charge in [-0.3, -0.25) is 14.5 Å². The van der Waals surface area contributed by atoms with E-state index in [1.165, 1.54) is 6.42 Å². The van der Waals surface area contributed by atoms with E-state index in [9.17, 15) is 14.7 Å². The first-order valence-electron chi connectivity index (χ1n) is 8.06. The molecule has 1 aromatic rings. The van der Waals surface area contributed by atoms with Crippen LogP contribution in [0.25, 0.3) is 0 Å². The van der Waals surface area contributed by atoms with E-state index in [1.807, 2.05) is 18.2 Å². The van der Waals surface area contributed by atoms with Gasteiger partial charge in [-0.25, -0.2) is 0 Å². The predicted octanol–water partition coefficient (Wildman–Crippen LogP) is 3.22. The first-order chi connectivity index (χ1) is 10.5. The summed E-state index contributed by atoms with van der Waals surface area (Å²) >= 11 is 0. The summed E-state index contributed by atoms with van der Waals surface area (Å²) in [6.07, 6.45) is 3.33. The van der Waals surface area contributed by atoms with Gasteiger partial charge in [-0.1, -0.05) is 36.8 Å². The molecule has 3 unspecified atom stereocenters. The number of likely N-dealkylation sites (tertiary alicyclic amines) is 1. The van der Waals surface area contributed by atoms with Crippen LogP contribution in [-0.4, -0.2) is 40.4 Å². The summed E-state index contributed by atoms with van der Waals surface area (Å²) < 4.78 is 0. The molecule has 0 aliphatic carbocycles. The highest BCUT2D eigenvalue weighted by atomic mass is 16.4. The van der Waals surface area contributed by atoms with E-state index in [1.54, 1.807) is 12.1 Å². The Kier molecular flexibility index (Phi) is 5.72. The van der Waals surface area contributed by atoms with Gasteiger partial charge < -0.3 is 5.11 Å². The largest absolute Gasteiger partial charge is 0.481 e. The molecule has 4 heteroatoms. The fourth-order valence-electron chi connectivity index (χ4n) is 3.38. The van der Waals surface area contributed by atoms with E-state index in [4.69, 9.17) is 0 Å². The van der Waals surface area contributed by atoms with Gasteiger partial charge in [-0.05, 0) is 26.7 Å². The molecule has 0 saturated carbocycles. The number of aliphatic carboxylic acids is 1. The topological polar surface area (TPSA) is 57.6 Å². The maximum absolute atomic E-state index is 12.7. The van der Waals surface area contributed by atoms with E-state index in [0.29, 0.717) is 24.2 Å². The molecule has 0 bridgehead atoms. The highest BCUT2D eigenvalue weighted by Gasteiger charge is 2.31. The number of Topliss-reactive ketones (excluding diaryl/α,β-unsaturated/α-hetero) is 1. The molecule has 1 aliphatic rings. The molecule has 4 nitrogen and oxygen atoms in total. The minimum absolute atomic E-state index is 0.0621. The standard InChI is InChI=1S/C18H25NO3/c1-13-7-6-8-14(2)19(13)12-16(11-17(20)21)18(22)15-9-4-3-5-10-15/h3-5,9-10,13-14,16H,6-8,11-12H2,1-2H3,(H,20,21). The number of ketones is 1. The molecule has 1 heterocycles. The Bertz CT molecular complexity index is 504. The van der Waals surface area contributed by atoms with E-state index in [0.717, 1.165) is 12.8 Å². The predicted molar refractivity (Wildman–Crippen MR) is 86.0 cm³/mol. The zero-order valence-corrected chi connectivity index (χ0v) is 13.4. The van der Waals surface area contributed by atoms with Crippen molar-refractivity contribution in [1.29, 1.82) is 0 Å². The molecule has 1 saturated heterocycles. The van der Waals surface area contributed by atoms with Crippen molar-refractivity contribution in [3.63, 3.8) is 0 Å². The van der Waals surface area contributed by atoms with Crippen molar-refractivity contribution in [3.8, 4) is 0 Å². The lowest BCUT2D eigenvalue weighted by Crippen LogP contribution is -2.47. The Morgan fingerprint density at radius 1 is 1.18 bits per heavy atom. The van der Waals surface area contributed by atoms with E-state index in [2.05, 4.69) is 18.7 Å². The Hall–Kier alpha value is -1.68. The molecule has 0 radical (unpaired) electrons. The first-order valence-corrected chi connectivity index (χ1v) is 8.06. The number of piperidine rings is 1. The van der Waals surface area contributed by atoms with Crippen LogP contribution < -0.4 is 0 Å². The lowest BCUT2D eigenvalue weighted by molar-refractivity contribution is -0.138. The summed E-state index contributed by atoms with van der Waals surface area (Å²) in [6, 6.07) is 9.83. The Balaban J connectivity index is 2.15. The number of carbonyl (C=O) groups excluding carboxylic acids is 1. The van der Waals surface area contributed by atoms with Crippen LogP contribution in [0.1, 0.15) is 49.9 Å². The second kappa shape index (κ2) is 7.54. The monoisotopic (exact) mass is 303 g/mol. The normalized spacial score (nSPS) is 23.9. The van der Waals surface area contributed by atoms with E-state index >= 15 is 0 Å². The lowest BCUT2D eigenvalue weighted by Gasteiger charge is -2.40. The Morgan fingerprint density at radius 3 is 2.32 bits per heavy atom. The zero-order chi connectivity index (χ0) is 16.1. The molecule has 1 aliphatic heterocycles. The number of hydrogen-bond acceptors (Lipinski definition) is 3. The van der Waals surface area contributed by atoms with Gasteiger partial charge >= 0.3 is 5.97 Å². The van der Waals surface area contributed by atoms with Gasteiger partial charge in [0.1, 0.15) is 0 Å². The first kappa shape index (κ1) is 16.7. The number of rotatable bonds is 6. The molecule has 0 amide bonds. The summed E-state index contributed by atoms with van der Waals surface area (Å²) in [5.41, 5.74) is 0.603. The van der Waals surface area contributed by atoms with Crippen molar-refractivity contribution < 1.29 is 14.7 Å². The second-order valence-corrected chi connectivity index (χ2v) is 6.35. The number of carbonyl (C=O) groups is 2.